The van der Waals surface area contributed by atoms with E-state index in [1.54, 1.807) is 13.8 Å². The topological polar surface area (TPSA) is 62.4 Å². The number of likely N-dealkylation sites (N-methyl/N-ethyl adjacent to an activating group) is 1. The average molecular weight is 355 g/mol. The molecule has 23 heavy (non-hydrogen) atoms. The molecule has 0 bridgehead atoms. The molecule has 0 unspecified atom stereocenters. The van der Waals surface area contributed by atoms with E-state index in [0.717, 1.165) is 9.21 Å². The minimum Gasteiger partial charge on any atom is -0.465 e. The van der Waals surface area contributed by atoms with Crippen LogP contribution in [0.15, 0.2) is 12.1 Å². The minimum absolute atomic E-state index is 0.0640. The molecule has 2 aromatic rings. The van der Waals surface area contributed by atoms with E-state index in [9.17, 15) is 9.59 Å². The summed E-state index contributed by atoms with van der Waals surface area (Å²) in [7, 11) is 3.20. The Labute approximate surface area is 144 Å². The van der Waals surface area contributed by atoms with E-state index < -0.39 is 5.97 Å². The summed E-state index contributed by atoms with van der Waals surface area (Å²) in [5, 5.41) is 0. The van der Waals surface area contributed by atoms with Crippen molar-refractivity contribution in [3.05, 3.63) is 43.9 Å². The molecular formula is C16H19ClN2O3S. The summed E-state index contributed by atoms with van der Waals surface area (Å²) in [6.45, 7) is 4.40. The second kappa shape index (κ2) is 7.29. The lowest BCUT2D eigenvalue weighted by Crippen LogP contribution is -2.26. The van der Waals surface area contributed by atoms with Gasteiger partial charge in [0.05, 0.1) is 29.2 Å². The summed E-state index contributed by atoms with van der Waals surface area (Å²) >= 11 is 7.41. The highest BCUT2D eigenvalue weighted by Crippen LogP contribution is 2.23. The molecule has 0 aromatic carbocycles. The summed E-state index contributed by atoms with van der Waals surface area (Å²) in [5.74, 6) is -0.497. The smallest absolute Gasteiger partial charge is 0.339 e. The number of rotatable bonds is 6. The first-order valence-electron chi connectivity index (χ1n) is 7.07. The van der Waals surface area contributed by atoms with Crippen LogP contribution in [0.1, 0.15) is 37.0 Å². The molecule has 2 heterocycles. The Morgan fingerprint density at radius 3 is 2.61 bits per heavy atom. The van der Waals surface area contributed by atoms with Crippen LogP contribution in [0.4, 0.5) is 0 Å². The molecule has 0 saturated heterocycles. The Morgan fingerprint density at radius 2 is 2.04 bits per heavy atom. The lowest BCUT2D eigenvalue weighted by atomic mass is 10.1. The van der Waals surface area contributed by atoms with Crippen LogP contribution in [0, 0.1) is 13.8 Å². The van der Waals surface area contributed by atoms with E-state index >= 15 is 0 Å². The van der Waals surface area contributed by atoms with E-state index in [2.05, 4.69) is 4.98 Å². The second-order valence-corrected chi connectivity index (χ2v) is 7.22. The zero-order valence-corrected chi connectivity index (χ0v) is 15.1. The number of aryl methyl sites for hydroxylation is 1. The van der Waals surface area contributed by atoms with Crippen molar-refractivity contribution >= 4 is 34.7 Å². The van der Waals surface area contributed by atoms with Crippen LogP contribution < -0.4 is 0 Å². The van der Waals surface area contributed by atoms with Crippen molar-refractivity contribution in [3.8, 4) is 0 Å². The van der Waals surface area contributed by atoms with Crippen LogP contribution in [0.25, 0.3) is 0 Å². The summed E-state index contributed by atoms with van der Waals surface area (Å²) < 4.78 is 5.50. The Balaban J connectivity index is 2.10. The van der Waals surface area contributed by atoms with Gasteiger partial charge in [-0.15, -0.1) is 11.3 Å². The molecule has 2 aromatic heterocycles. The Morgan fingerprint density at radius 1 is 1.35 bits per heavy atom. The zero-order chi connectivity index (χ0) is 17.1. The van der Waals surface area contributed by atoms with Gasteiger partial charge in [0, 0.05) is 17.1 Å². The van der Waals surface area contributed by atoms with Crippen LogP contribution >= 0.6 is 22.9 Å². The maximum Gasteiger partial charge on any atom is 0.339 e. The minimum atomic E-state index is -0.433. The summed E-state index contributed by atoms with van der Waals surface area (Å²) in [6.07, 6.45) is 0. The number of aromatic nitrogens is 1. The fraction of sp³-hybridized carbons (Fsp3) is 0.375. The summed E-state index contributed by atoms with van der Waals surface area (Å²) in [6, 6.07) is 3.80. The maximum atomic E-state index is 12.5. The number of hydrogen-bond acceptors (Lipinski definition) is 5. The first-order chi connectivity index (χ1) is 10.8. The lowest BCUT2D eigenvalue weighted by molar-refractivity contribution is 0.0599. The van der Waals surface area contributed by atoms with Gasteiger partial charge in [-0.25, -0.2) is 4.79 Å². The normalized spacial score (nSPS) is 11.0. The van der Waals surface area contributed by atoms with Crippen molar-refractivity contribution in [3.63, 3.8) is 0 Å². The molecule has 0 spiro atoms. The Bertz CT molecular complexity index is 736. The number of halogens is 1. The van der Waals surface area contributed by atoms with Crippen molar-refractivity contribution < 1.29 is 14.3 Å². The number of H-pyrrole nitrogens is 1. The fourth-order valence-corrected chi connectivity index (χ4v) is 3.69. The average Bonchev–Trinajstić information content (AvgIpc) is 3.01. The van der Waals surface area contributed by atoms with Crippen LogP contribution in [0.3, 0.4) is 0 Å². The molecule has 2 rings (SSSR count). The molecule has 7 heteroatoms. The summed E-state index contributed by atoms with van der Waals surface area (Å²) in [4.78, 5) is 30.3. The molecule has 124 valence electrons. The molecule has 0 radical (unpaired) electrons. The molecular weight excluding hydrogens is 336 g/mol. The molecule has 0 amide bonds. The van der Waals surface area contributed by atoms with Crippen LogP contribution in [-0.4, -0.2) is 42.3 Å². The number of Topliss-reactive ketones (excluding diaryl/α,β-unsaturated/α-hetero) is 1. The number of esters is 1. The van der Waals surface area contributed by atoms with Gasteiger partial charge >= 0.3 is 5.97 Å². The van der Waals surface area contributed by atoms with Gasteiger partial charge in [0.2, 0.25) is 0 Å². The fourth-order valence-electron chi connectivity index (χ4n) is 2.52. The van der Waals surface area contributed by atoms with Gasteiger partial charge in [-0.05, 0) is 38.6 Å². The van der Waals surface area contributed by atoms with Crippen LogP contribution in [-0.2, 0) is 11.3 Å². The van der Waals surface area contributed by atoms with E-state index in [-0.39, 0.29) is 12.3 Å². The SMILES string of the molecule is COC(=O)c1c(C)[nH]c(C(=O)CN(C)Cc2ccc(Cl)s2)c1C. The van der Waals surface area contributed by atoms with E-state index in [0.29, 0.717) is 29.1 Å². The Kier molecular flexibility index (Phi) is 5.62. The maximum absolute atomic E-state index is 12.5. The van der Waals surface area contributed by atoms with E-state index in [1.165, 1.54) is 18.4 Å². The lowest BCUT2D eigenvalue weighted by Gasteiger charge is -2.14. The number of carbonyl (C=O) groups excluding carboxylic acids is 2. The van der Waals surface area contributed by atoms with Crippen molar-refractivity contribution in [2.75, 3.05) is 20.7 Å². The standard InChI is InChI=1S/C16H19ClN2O3S/c1-9-14(16(21)22-4)10(2)18-15(9)12(20)8-19(3)7-11-5-6-13(17)23-11/h5-6,18H,7-8H2,1-4H3. The molecule has 0 atom stereocenters. The molecule has 0 saturated carbocycles. The van der Waals surface area contributed by atoms with E-state index in [4.69, 9.17) is 16.3 Å². The molecule has 0 fully saturated rings. The number of aromatic amines is 1. The quantitative estimate of drug-likeness (QED) is 0.637. The number of nitrogens with one attached hydrogen (secondary N) is 1. The highest BCUT2D eigenvalue weighted by atomic mass is 35.5. The van der Waals surface area contributed by atoms with Gasteiger partial charge < -0.3 is 9.72 Å². The van der Waals surface area contributed by atoms with Crippen LogP contribution in [0.5, 0.6) is 0 Å². The number of methoxy groups -OCH3 is 1. The van der Waals surface area contributed by atoms with E-state index in [1.807, 2.05) is 24.1 Å². The van der Waals surface area contributed by atoms with Gasteiger partial charge in [-0.2, -0.15) is 0 Å². The molecule has 0 aliphatic rings. The zero-order valence-electron chi connectivity index (χ0n) is 13.5. The highest BCUT2D eigenvalue weighted by molar-refractivity contribution is 7.16. The predicted octanol–water partition coefficient (Wildman–Crippen LogP) is 3.45. The molecule has 1 N–H and O–H groups in total. The second-order valence-electron chi connectivity index (χ2n) is 5.42. The predicted molar refractivity (Wildman–Crippen MR) is 91.6 cm³/mol. The molecule has 5 nitrogen and oxygen atoms in total. The first kappa shape index (κ1) is 17.7. The monoisotopic (exact) mass is 354 g/mol. The highest BCUT2D eigenvalue weighted by Gasteiger charge is 2.23. The van der Waals surface area contributed by atoms with Gasteiger partial charge in [0.1, 0.15) is 0 Å². The largest absolute Gasteiger partial charge is 0.465 e. The van der Waals surface area contributed by atoms with Gasteiger partial charge in [-0.3, -0.25) is 9.69 Å². The van der Waals surface area contributed by atoms with Crippen molar-refractivity contribution in [2.24, 2.45) is 0 Å². The van der Waals surface area contributed by atoms with Crippen LogP contribution in [0.2, 0.25) is 4.34 Å². The number of ketones is 1. The number of carbonyl (C=O) groups is 2. The number of ether oxygens (including phenoxy) is 1. The first-order valence-corrected chi connectivity index (χ1v) is 8.26. The number of hydrogen-bond donors (Lipinski definition) is 1. The van der Waals surface area contributed by atoms with Gasteiger partial charge in [-0.1, -0.05) is 11.6 Å². The number of thiophene rings is 1. The third-order valence-electron chi connectivity index (χ3n) is 3.57. The van der Waals surface area contributed by atoms with Gasteiger partial charge in [0.25, 0.3) is 0 Å². The molecule has 0 aliphatic carbocycles. The van der Waals surface area contributed by atoms with Crippen molar-refractivity contribution in [1.29, 1.82) is 0 Å². The summed E-state index contributed by atoms with van der Waals surface area (Å²) in [5.41, 5.74) is 2.17. The molecule has 0 aliphatic heterocycles. The third-order valence-corrected chi connectivity index (χ3v) is 4.79. The Hall–Kier alpha value is -1.63. The van der Waals surface area contributed by atoms with Crippen molar-refractivity contribution in [2.45, 2.75) is 20.4 Å². The van der Waals surface area contributed by atoms with Gasteiger partial charge in [0.15, 0.2) is 5.78 Å². The van der Waals surface area contributed by atoms with Crippen molar-refractivity contribution in [1.82, 2.24) is 9.88 Å². The number of nitrogens with zero attached hydrogens (tertiary/aromatic N) is 1. The third kappa shape index (κ3) is 4.02.